The number of carbonyl (C=O) groups excluding carboxylic acids is 1. The van der Waals surface area contributed by atoms with E-state index in [-0.39, 0.29) is 5.91 Å². The summed E-state index contributed by atoms with van der Waals surface area (Å²) in [5.41, 5.74) is 1.36. The first-order valence-electron chi connectivity index (χ1n) is 9.80. The summed E-state index contributed by atoms with van der Waals surface area (Å²) >= 11 is 1.35. The van der Waals surface area contributed by atoms with Crippen molar-refractivity contribution < 1.29 is 9.21 Å². The quantitative estimate of drug-likeness (QED) is 0.561. The number of likely N-dealkylation sites (tertiary alicyclic amines) is 1. The van der Waals surface area contributed by atoms with Crippen molar-refractivity contribution in [1.82, 2.24) is 20.2 Å². The van der Waals surface area contributed by atoms with E-state index < -0.39 is 0 Å². The van der Waals surface area contributed by atoms with Gasteiger partial charge in [-0.2, -0.15) is 5.26 Å². The summed E-state index contributed by atoms with van der Waals surface area (Å²) in [7, 11) is 0. The lowest BCUT2D eigenvalue weighted by atomic mass is 9.94. The van der Waals surface area contributed by atoms with Crippen LogP contribution in [0.5, 0.6) is 0 Å². The van der Waals surface area contributed by atoms with E-state index in [1.807, 2.05) is 18.2 Å². The Labute approximate surface area is 178 Å². The second-order valence-corrected chi connectivity index (χ2v) is 7.96. The van der Waals surface area contributed by atoms with E-state index in [1.165, 1.54) is 11.3 Å². The minimum Gasteiger partial charge on any atom is -0.467 e. The number of furan rings is 1. The van der Waals surface area contributed by atoms with Crippen molar-refractivity contribution in [2.45, 2.75) is 25.3 Å². The molecule has 0 saturated carbocycles. The second kappa shape index (κ2) is 9.52. The average molecular weight is 423 g/mol. The molecule has 0 aromatic carbocycles. The Morgan fingerprint density at radius 2 is 2.27 bits per heavy atom. The van der Waals surface area contributed by atoms with Crippen molar-refractivity contribution in [1.29, 1.82) is 5.26 Å². The van der Waals surface area contributed by atoms with Crippen LogP contribution < -0.4 is 10.6 Å². The third-order valence-corrected chi connectivity index (χ3v) is 5.72. The van der Waals surface area contributed by atoms with Gasteiger partial charge in [-0.1, -0.05) is 6.07 Å². The highest BCUT2D eigenvalue weighted by Crippen LogP contribution is 2.27. The second-order valence-electron chi connectivity index (χ2n) is 7.11. The Hall–Kier alpha value is -3.22. The molecule has 154 valence electrons. The van der Waals surface area contributed by atoms with Crippen LogP contribution in [0.4, 0.5) is 10.9 Å². The molecule has 3 aromatic heterocycles. The molecule has 1 unspecified atom stereocenters. The maximum atomic E-state index is 12.3. The SMILES string of the molecule is N#CCN1CCCC(c2cccc(Nc3nc(C(=O)NCc4ccco4)cs3)n2)C1. The number of nitriles is 1. The lowest BCUT2D eigenvalue weighted by molar-refractivity contribution is 0.0944. The fourth-order valence-corrected chi connectivity index (χ4v) is 4.20. The fraction of sp³-hybridized carbons (Fsp3) is 0.333. The van der Waals surface area contributed by atoms with Gasteiger partial charge < -0.3 is 15.1 Å². The van der Waals surface area contributed by atoms with Crippen LogP contribution in [0, 0.1) is 11.3 Å². The molecule has 0 spiro atoms. The molecular formula is C21H22N6O2S. The average Bonchev–Trinajstić information content (AvgIpc) is 3.45. The predicted molar refractivity (Wildman–Crippen MR) is 114 cm³/mol. The summed E-state index contributed by atoms with van der Waals surface area (Å²) in [6, 6.07) is 11.7. The van der Waals surface area contributed by atoms with Gasteiger partial charge in [0.1, 0.15) is 17.3 Å². The molecule has 4 rings (SSSR count). The normalized spacial score (nSPS) is 16.7. The van der Waals surface area contributed by atoms with Gasteiger partial charge in [0, 0.05) is 23.5 Å². The number of hydrogen-bond donors (Lipinski definition) is 2. The van der Waals surface area contributed by atoms with Crippen LogP contribution in [-0.2, 0) is 6.54 Å². The number of aromatic nitrogens is 2. The molecule has 1 atom stereocenters. The maximum Gasteiger partial charge on any atom is 0.271 e. The first kappa shape index (κ1) is 20.1. The van der Waals surface area contributed by atoms with E-state index in [9.17, 15) is 4.79 Å². The Kier molecular flexibility index (Phi) is 6.37. The third kappa shape index (κ3) is 5.03. The molecule has 0 bridgehead atoms. The van der Waals surface area contributed by atoms with Crippen molar-refractivity contribution in [2.75, 3.05) is 25.0 Å². The number of nitrogens with one attached hydrogen (secondary N) is 2. The van der Waals surface area contributed by atoms with E-state index in [2.05, 4.69) is 26.6 Å². The number of amides is 1. The van der Waals surface area contributed by atoms with E-state index in [0.29, 0.717) is 41.4 Å². The zero-order chi connectivity index (χ0) is 20.8. The molecule has 1 aliphatic heterocycles. The summed E-state index contributed by atoms with van der Waals surface area (Å²) in [5, 5.41) is 17.3. The first-order chi connectivity index (χ1) is 14.7. The molecule has 9 heteroatoms. The molecular weight excluding hydrogens is 400 g/mol. The number of pyridine rings is 1. The van der Waals surface area contributed by atoms with Crippen molar-refractivity contribution >= 4 is 28.2 Å². The van der Waals surface area contributed by atoms with Crippen molar-refractivity contribution in [3.63, 3.8) is 0 Å². The summed E-state index contributed by atoms with van der Waals surface area (Å²) in [6.07, 6.45) is 3.70. The van der Waals surface area contributed by atoms with Gasteiger partial charge in [0.2, 0.25) is 0 Å². The Morgan fingerprint density at radius 1 is 1.33 bits per heavy atom. The van der Waals surface area contributed by atoms with Gasteiger partial charge in [-0.25, -0.2) is 9.97 Å². The maximum absolute atomic E-state index is 12.3. The number of anilines is 2. The zero-order valence-electron chi connectivity index (χ0n) is 16.4. The first-order valence-corrected chi connectivity index (χ1v) is 10.7. The van der Waals surface area contributed by atoms with Gasteiger partial charge in [-0.3, -0.25) is 9.69 Å². The number of nitrogens with zero attached hydrogens (tertiary/aromatic N) is 4. The molecule has 1 amide bonds. The number of piperidine rings is 1. The molecule has 1 aliphatic rings. The number of hydrogen-bond acceptors (Lipinski definition) is 8. The topological polar surface area (TPSA) is 107 Å². The van der Waals surface area contributed by atoms with Crippen molar-refractivity contribution in [3.8, 4) is 6.07 Å². The van der Waals surface area contributed by atoms with E-state index in [0.717, 1.165) is 31.6 Å². The smallest absolute Gasteiger partial charge is 0.271 e. The predicted octanol–water partition coefficient (Wildman–Crippen LogP) is 3.51. The Bertz CT molecular complexity index is 1030. The van der Waals surface area contributed by atoms with Crippen LogP contribution in [0.25, 0.3) is 0 Å². The highest BCUT2D eigenvalue weighted by atomic mass is 32.1. The number of carbonyl (C=O) groups is 1. The van der Waals surface area contributed by atoms with Gasteiger partial charge in [0.15, 0.2) is 5.13 Å². The number of thiazole rings is 1. The van der Waals surface area contributed by atoms with Crippen LogP contribution >= 0.6 is 11.3 Å². The lowest BCUT2D eigenvalue weighted by Gasteiger charge is -2.30. The van der Waals surface area contributed by atoms with Crippen molar-refractivity contribution in [2.24, 2.45) is 0 Å². The van der Waals surface area contributed by atoms with E-state index in [1.54, 1.807) is 23.8 Å². The van der Waals surface area contributed by atoms with Crippen LogP contribution in [-0.4, -0.2) is 40.4 Å². The van der Waals surface area contributed by atoms with Crippen LogP contribution in [0.3, 0.4) is 0 Å². The Balaban J connectivity index is 1.37. The van der Waals surface area contributed by atoms with Crippen LogP contribution in [0.2, 0.25) is 0 Å². The Morgan fingerprint density at radius 3 is 3.10 bits per heavy atom. The molecule has 8 nitrogen and oxygen atoms in total. The van der Waals surface area contributed by atoms with Gasteiger partial charge >= 0.3 is 0 Å². The van der Waals surface area contributed by atoms with Gasteiger partial charge in [-0.15, -0.1) is 11.3 Å². The summed E-state index contributed by atoms with van der Waals surface area (Å²) < 4.78 is 5.21. The largest absolute Gasteiger partial charge is 0.467 e. The molecule has 4 heterocycles. The highest BCUT2D eigenvalue weighted by molar-refractivity contribution is 7.14. The molecule has 0 aliphatic carbocycles. The van der Waals surface area contributed by atoms with E-state index >= 15 is 0 Å². The van der Waals surface area contributed by atoms with Crippen LogP contribution in [0.15, 0.2) is 46.4 Å². The third-order valence-electron chi connectivity index (χ3n) is 4.96. The minimum atomic E-state index is -0.253. The molecule has 0 radical (unpaired) electrons. The number of rotatable bonds is 7. The molecule has 1 saturated heterocycles. The monoisotopic (exact) mass is 422 g/mol. The van der Waals surface area contributed by atoms with Crippen molar-refractivity contribution in [3.05, 3.63) is 59.1 Å². The van der Waals surface area contributed by atoms with E-state index in [4.69, 9.17) is 14.7 Å². The van der Waals surface area contributed by atoms with Crippen LogP contribution in [0.1, 0.15) is 40.7 Å². The van der Waals surface area contributed by atoms with Gasteiger partial charge in [0.05, 0.1) is 25.4 Å². The lowest BCUT2D eigenvalue weighted by Crippen LogP contribution is -2.34. The summed E-state index contributed by atoms with van der Waals surface area (Å²) in [6.45, 7) is 2.59. The fourth-order valence-electron chi connectivity index (χ4n) is 3.51. The van der Waals surface area contributed by atoms with Gasteiger partial charge in [0.25, 0.3) is 5.91 Å². The highest BCUT2D eigenvalue weighted by Gasteiger charge is 2.22. The standard InChI is InChI=1S/C21H22N6O2S/c22-8-10-27-9-2-4-15(13-27)17-6-1-7-19(24-17)26-21-25-18(14-30-21)20(28)23-12-16-5-3-11-29-16/h1,3,5-7,11,14-15H,2,4,9-10,12-13H2,(H,23,28)(H,24,25,26). The molecule has 1 fully saturated rings. The zero-order valence-corrected chi connectivity index (χ0v) is 17.2. The molecule has 2 N–H and O–H groups in total. The summed E-state index contributed by atoms with van der Waals surface area (Å²) in [5.74, 6) is 1.45. The summed E-state index contributed by atoms with van der Waals surface area (Å²) in [4.78, 5) is 23.5. The molecule has 30 heavy (non-hydrogen) atoms. The molecule has 3 aromatic rings. The van der Waals surface area contributed by atoms with Gasteiger partial charge in [-0.05, 0) is 43.7 Å². The minimum absolute atomic E-state index is 0.253.